The summed E-state index contributed by atoms with van der Waals surface area (Å²) in [6, 6.07) is 19.5. The largest absolute Gasteiger partial charge is 0.457 e. The molecule has 2 fully saturated rings. The first-order valence-corrected chi connectivity index (χ1v) is 23.9. The van der Waals surface area contributed by atoms with Crippen molar-refractivity contribution in [3.8, 4) is 0 Å². The number of ether oxygens (including phenoxy) is 8. The van der Waals surface area contributed by atoms with Gasteiger partial charge in [-0.15, -0.1) is 0 Å². The van der Waals surface area contributed by atoms with Crippen molar-refractivity contribution in [2.75, 3.05) is 34.4 Å². The summed E-state index contributed by atoms with van der Waals surface area (Å²) < 4.78 is 63.9. The standard InChI is InChI=1S/C40H63N3O11Si2/c1-27(44)50-32-30(24-49-56(39(5,6)7,28-20-16-14-17-21-28)29-22-18-15-19-23-29)52-40(8,9)53-36(32)35-34(48-26-46-11)33(47-25-45-10)31(42-43-41)37(51-35)54-55(12,13)38(2,3)4/h14-23,30-37H,24-26H2,1-13H3/t30-,31+,32-,33-,34+,35+,36-,37-/m0/s1. The van der Waals surface area contributed by atoms with Crippen molar-refractivity contribution in [1.82, 2.24) is 0 Å². The third-order valence-corrected chi connectivity index (χ3v) is 20.2. The Morgan fingerprint density at radius 1 is 0.821 bits per heavy atom. The van der Waals surface area contributed by atoms with Gasteiger partial charge in [-0.05, 0) is 52.9 Å². The first-order valence-electron chi connectivity index (χ1n) is 19.1. The van der Waals surface area contributed by atoms with Crippen LogP contribution in [0.1, 0.15) is 62.3 Å². The van der Waals surface area contributed by atoms with E-state index in [0.717, 1.165) is 10.4 Å². The molecule has 0 spiro atoms. The summed E-state index contributed by atoms with van der Waals surface area (Å²) in [5.74, 6) is -1.78. The van der Waals surface area contributed by atoms with Crippen LogP contribution in [0, 0.1) is 0 Å². The molecule has 0 unspecified atom stereocenters. The second kappa shape index (κ2) is 18.9. The maximum absolute atomic E-state index is 13.0. The lowest BCUT2D eigenvalue weighted by atomic mass is 9.89. The van der Waals surface area contributed by atoms with Crippen LogP contribution < -0.4 is 10.4 Å². The summed E-state index contributed by atoms with van der Waals surface area (Å²) in [5.41, 5.74) is 9.80. The molecule has 2 heterocycles. The monoisotopic (exact) mass is 817 g/mol. The van der Waals surface area contributed by atoms with Gasteiger partial charge in [-0.2, -0.15) is 0 Å². The van der Waals surface area contributed by atoms with Crippen molar-refractivity contribution in [2.45, 2.75) is 140 Å². The van der Waals surface area contributed by atoms with Gasteiger partial charge in [0, 0.05) is 26.1 Å². The van der Waals surface area contributed by atoms with Gasteiger partial charge in [0.1, 0.15) is 50.1 Å². The molecule has 2 saturated heterocycles. The van der Waals surface area contributed by atoms with Crippen molar-refractivity contribution >= 4 is 33.0 Å². The molecule has 4 rings (SSSR count). The molecule has 0 amide bonds. The Hall–Kier alpha value is -2.71. The molecule has 0 bridgehead atoms. The smallest absolute Gasteiger partial charge is 0.303 e. The molecule has 2 aliphatic rings. The summed E-state index contributed by atoms with van der Waals surface area (Å²) in [6.07, 6.45) is -7.01. The molecular weight excluding hydrogens is 755 g/mol. The molecule has 56 heavy (non-hydrogen) atoms. The van der Waals surface area contributed by atoms with Gasteiger partial charge in [-0.25, -0.2) is 0 Å². The van der Waals surface area contributed by atoms with Crippen LogP contribution in [0.2, 0.25) is 23.2 Å². The lowest BCUT2D eigenvalue weighted by Gasteiger charge is -2.53. The number of nitrogens with zero attached hydrogens (tertiary/aromatic N) is 3. The molecule has 312 valence electrons. The molecule has 14 nitrogen and oxygen atoms in total. The van der Waals surface area contributed by atoms with E-state index < -0.39 is 77.3 Å². The van der Waals surface area contributed by atoms with Gasteiger partial charge >= 0.3 is 5.97 Å². The van der Waals surface area contributed by atoms with Crippen molar-refractivity contribution in [1.29, 1.82) is 0 Å². The zero-order valence-corrected chi connectivity index (χ0v) is 37.3. The van der Waals surface area contributed by atoms with Crippen LogP contribution >= 0.6 is 0 Å². The first-order chi connectivity index (χ1) is 26.2. The Bertz CT molecular complexity index is 1560. The van der Waals surface area contributed by atoms with Crippen LogP contribution in [0.3, 0.4) is 0 Å². The third kappa shape index (κ3) is 10.5. The Morgan fingerprint density at radius 3 is 1.82 bits per heavy atom. The number of esters is 1. The van der Waals surface area contributed by atoms with E-state index in [1.165, 1.54) is 21.1 Å². The predicted octanol–water partition coefficient (Wildman–Crippen LogP) is 6.42. The zero-order chi connectivity index (χ0) is 41.5. The molecule has 2 aromatic rings. The fourth-order valence-corrected chi connectivity index (χ4v) is 13.0. The third-order valence-electron chi connectivity index (χ3n) is 10.8. The van der Waals surface area contributed by atoms with E-state index in [2.05, 4.69) is 88.9 Å². The summed E-state index contributed by atoms with van der Waals surface area (Å²) in [4.78, 5) is 16.2. The van der Waals surface area contributed by atoms with Crippen LogP contribution in [0.5, 0.6) is 0 Å². The van der Waals surface area contributed by atoms with Gasteiger partial charge < -0.3 is 46.7 Å². The number of hydrogen-bond donors (Lipinski definition) is 0. The average molecular weight is 818 g/mol. The van der Waals surface area contributed by atoms with E-state index in [1.807, 2.05) is 36.4 Å². The molecule has 0 aliphatic carbocycles. The summed E-state index contributed by atoms with van der Waals surface area (Å²) in [7, 11) is -2.67. The van der Waals surface area contributed by atoms with Gasteiger partial charge in [0.25, 0.3) is 8.32 Å². The minimum atomic E-state index is -3.07. The molecule has 0 N–H and O–H groups in total. The van der Waals surface area contributed by atoms with E-state index in [1.54, 1.807) is 13.8 Å². The lowest BCUT2D eigenvalue weighted by molar-refractivity contribution is -0.376. The topological polar surface area (TPSA) is 158 Å². The van der Waals surface area contributed by atoms with E-state index in [0.29, 0.717) is 0 Å². The van der Waals surface area contributed by atoms with Gasteiger partial charge in [-0.3, -0.25) is 4.79 Å². The van der Waals surface area contributed by atoms with Crippen LogP contribution in [0.25, 0.3) is 10.4 Å². The summed E-state index contributed by atoms with van der Waals surface area (Å²) in [5, 5.41) is 5.73. The van der Waals surface area contributed by atoms with E-state index in [4.69, 9.17) is 46.7 Å². The average Bonchev–Trinajstić information content (AvgIpc) is 3.11. The molecule has 0 radical (unpaired) electrons. The Kier molecular flexibility index (Phi) is 15.5. The molecule has 0 saturated carbocycles. The highest BCUT2D eigenvalue weighted by Crippen LogP contribution is 2.43. The van der Waals surface area contributed by atoms with Crippen molar-refractivity contribution in [3.63, 3.8) is 0 Å². The number of hydrogen-bond acceptors (Lipinski definition) is 12. The fraction of sp³-hybridized carbons (Fsp3) is 0.675. The zero-order valence-electron chi connectivity index (χ0n) is 35.3. The molecule has 2 aromatic carbocycles. The highest BCUT2D eigenvalue weighted by Gasteiger charge is 2.59. The fourth-order valence-electron chi connectivity index (χ4n) is 7.29. The number of methoxy groups -OCH3 is 2. The normalized spacial score (nSPS) is 27.3. The van der Waals surface area contributed by atoms with Gasteiger partial charge in [0.2, 0.25) is 0 Å². The Labute approximate surface area is 334 Å². The van der Waals surface area contributed by atoms with Crippen molar-refractivity contribution < 1.29 is 51.5 Å². The highest BCUT2D eigenvalue weighted by molar-refractivity contribution is 6.99. The summed E-state index contributed by atoms with van der Waals surface area (Å²) in [6.45, 7) is 21.7. The maximum Gasteiger partial charge on any atom is 0.303 e. The molecule has 0 aromatic heterocycles. The van der Waals surface area contributed by atoms with Crippen LogP contribution in [0.15, 0.2) is 65.8 Å². The van der Waals surface area contributed by atoms with Crippen molar-refractivity contribution in [2.24, 2.45) is 5.11 Å². The Morgan fingerprint density at radius 2 is 1.36 bits per heavy atom. The van der Waals surface area contributed by atoms with Crippen LogP contribution in [-0.4, -0.2) is 112 Å². The minimum absolute atomic E-state index is 0.0414. The van der Waals surface area contributed by atoms with E-state index in [9.17, 15) is 10.3 Å². The first kappa shape index (κ1) is 46.0. The van der Waals surface area contributed by atoms with Gasteiger partial charge in [-0.1, -0.05) is 107 Å². The number of benzene rings is 2. The molecule has 8 atom stereocenters. The van der Waals surface area contributed by atoms with Crippen LogP contribution in [-0.2, 0) is 51.5 Å². The van der Waals surface area contributed by atoms with Crippen molar-refractivity contribution in [3.05, 3.63) is 71.1 Å². The number of carbonyl (C=O) groups excluding carboxylic acids is 1. The minimum Gasteiger partial charge on any atom is -0.457 e. The predicted molar refractivity (Wildman–Crippen MR) is 216 cm³/mol. The van der Waals surface area contributed by atoms with Gasteiger partial charge in [0.15, 0.2) is 26.5 Å². The second-order valence-corrected chi connectivity index (χ2v) is 26.4. The molecule has 16 heteroatoms. The summed E-state index contributed by atoms with van der Waals surface area (Å²) >= 11 is 0. The molecule has 2 aliphatic heterocycles. The molecular formula is C40H63N3O11Si2. The Balaban J connectivity index is 1.87. The van der Waals surface area contributed by atoms with E-state index >= 15 is 0 Å². The number of azide groups is 1. The highest BCUT2D eigenvalue weighted by atomic mass is 28.4. The second-order valence-electron chi connectivity index (χ2n) is 17.3. The van der Waals surface area contributed by atoms with Crippen LogP contribution in [0.4, 0.5) is 0 Å². The van der Waals surface area contributed by atoms with E-state index in [-0.39, 0.29) is 30.3 Å². The number of rotatable bonds is 16. The lowest BCUT2D eigenvalue weighted by Crippen LogP contribution is -2.71. The number of carbonyl (C=O) groups is 1. The maximum atomic E-state index is 13.0. The quantitative estimate of drug-likeness (QED) is 0.0460. The SMILES string of the molecule is COCO[C@H]1[C@H]([C@H]2OC(C)(C)O[C@@H](CO[Si](c3ccccc3)(c3ccccc3)C(C)(C)C)[C@@H]2OC(C)=O)O[C@@H](O[Si](C)(C)C(C)(C)C)[C@H](N=[N+]=[N-])[C@@H]1OCOC. The van der Waals surface area contributed by atoms with Gasteiger partial charge in [0.05, 0.1) is 6.61 Å².